The van der Waals surface area contributed by atoms with Crippen molar-refractivity contribution in [2.45, 2.75) is 32.5 Å². The highest BCUT2D eigenvalue weighted by Gasteiger charge is 2.27. The molecule has 1 saturated heterocycles. The van der Waals surface area contributed by atoms with Crippen LogP contribution in [0.25, 0.3) is 0 Å². The van der Waals surface area contributed by atoms with E-state index in [1.165, 1.54) is 0 Å². The van der Waals surface area contributed by atoms with E-state index in [0.717, 1.165) is 35.2 Å². The van der Waals surface area contributed by atoms with Crippen molar-refractivity contribution in [2.75, 3.05) is 18.0 Å². The van der Waals surface area contributed by atoms with Crippen LogP contribution in [0.15, 0.2) is 22.7 Å². The Labute approximate surface area is 117 Å². The van der Waals surface area contributed by atoms with Crippen LogP contribution in [0.1, 0.15) is 31.9 Å². The van der Waals surface area contributed by atoms with Gasteiger partial charge in [0.25, 0.3) is 0 Å². The lowest BCUT2D eigenvalue weighted by Crippen LogP contribution is -2.24. The quantitative estimate of drug-likeness (QED) is 0.901. The molecule has 1 fully saturated rings. The summed E-state index contributed by atoms with van der Waals surface area (Å²) in [5, 5.41) is 19.2. The molecule has 0 bridgehead atoms. The zero-order valence-electron chi connectivity index (χ0n) is 10.8. The highest BCUT2D eigenvalue weighted by Crippen LogP contribution is 2.33. The molecular weight excluding hydrogens is 294 g/mol. The molecule has 2 unspecified atom stereocenters. The van der Waals surface area contributed by atoms with Gasteiger partial charge < -0.3 is 15.1 Å². The minimum Gasteiger partial charge on any atom is -0.393 e. The van der Waals surface area contributed by atoms with Crippen molar-refractivity contribution in [3.8, 4) is 0 Å². The van der Waals surface area contributed by atoms with Crippen molar-refractivity contribution < 1.29 is 10.2 Å². The van der Waals surface area contributed by atoms with Gasteiger partial charge >= 0.3 is 0 Å². The molecule has 1 aliphatic heterocycles. The Kier molecular flexibility index (Phi) is 4.30. The molecule has 2 rings (SSSR count). The Balaban J connectivity index is 2.15. The van der Waals surface area contributed by atoms with E-state index in [1.54, 1.807) is 6.92 Å². The maximum Gasteiger partial charge on any atom is 0.0762 e. The Bertz CT molecular complexity index is 420. The summed E-state index contributed by atoms with van der Waals surface area (Å²) in [6.07, 6.45) is 0.340. The summed E-state index contributed by atoms with van der Waals surface area (Å²) >= 11 is 3.57. The number of anilines is 1. The maximum atomic E-state index is 9.63. The van der Waals surface area contributed by atoms with Crippen molar-refractivity contribution >= 4 is 21.6 Å². The standard InChI is InChI=1S/C14H20BrNO2/c1-9(17)11-3-4-14(13(15)7-11)16-6-5-12(8-16)10(2)18/h3-4,7,9-10,12,17-18H,5-6,8H2,1-2H3/t9-,10?,12?/m0/s1. The van der Waals surface area contributed by atoms with E-state index < -0.39 is 6.10 Å². The van der Waals surface area contributed by atoms with Gasteiger partial charge in [0.15, 0.2) is 0 Å². The van der Waals surface area contributed by atoms with Gasteiger partial charge in [-0.25, -0.2) is 0 Å². The fraction of sp³-hybridized carbons (Fsp3) is 0.571. The average Bonchev–Trinajstić information content (AvgIpc) is 2.78. The Morgan fingerprint density at radius 2 is 2.06 bits per heavy atom. The first-order chi connectivity index (χ1) is 8.49. The van der Waals surface area contributed by atoms with E-state index in [0.29, 0.717) is 5.92 Å². The molecule has 0 amide bonds. The number of benzene rings is 1. The largest absolute Gasteiger partial charge is 0.393 e. The summed E-state index contributed by atoms with van der Waals surface area (Å²) in [5.41, 5.74) is 2.06. The predicted octanol–water partition coefficient (Wildman–Crippen LogP) is 2.71. The van der Waals surface area contributed by atoms with Crippen molar-refractivity contribution in [3.63, 3.8) is 0 Å². The van der Waals surface area contributed by atoms with E-state index in [4.69, 9.17) is 0 Å². The van der Waals surface area contributed by atoms with Crippen molar-refractivity contribution in [1.29, 1.82) is 0 Å². The number of nitrogens with zero attached hydrogens (tertiary/aromatic N) is 1. The highest BCUT2D eigenvalue weighted by atomic mass is 79.9. The molecule has 1 aromatic carbocycles. The predicted molar refractivity (Wildman–Crippen MR) is 76.8 cm³/mol. The molecule has 1 heterocycles. The number of hydrogen-bond donors (Lipinski definition) is 2. The van der Waals surface area contributed by atoms with Crippen LogP contribution in [0.2, 0.25) is 0 Å². The van der Waals surface area contributed by atoms with Crippen LogP contribution in [-0.2, 0) is 0 Å². The Morgan fingerprint density at radius 1 is 1.33 bits per heavy atom. The summed E-state index contributed by atoms with van der Waals surface area (Å²) in [5.74, 6) is 0.355. The molecule has 1 aliphatic rings. The smallest absolute Gasteiger partial charge is 0.0762 e. The fourth-order valence-electron chi connectivity index (χ4n) is 2.44. The van der Waals surface area contributed by atoms with Gasteiger partial charge in [-0.05, 0) is 53.9 Å². The van der Waals surface area contributed by atoms with Gasteiger partial charge in [-0.15, -0.1) is 0 Å². The molecule has 18 heavy (non-hydrogen) atoms. The van der Waals surface area contributed by atoms with Gasteiger partial charge in [-0.3, -0.25) is 0 Å². The van der Waals surface area contributed by atoms with Crippen molar-refractivity contribution in [1.82, 2.24) is 0 Å². The lowest BCUT2D eigenvalue weighted by Gasteiger charge is -2.22. The monoisotopic (exact) mass is 313 g/mol. The van der Waals surface area contributed by atoms with E-state index in [2.05, 4.69) is 20.8 Å². The molecule has 1 aromatic rings. The lowest BCUT2D eigenvalue weighted by molar-refractivity contribution is 0.136. The SMILES string of the molecule is CC(O)C1CCN(c2ccc([C@H](C)O)cc2Br)C1. The molecule has 0 saturated carbocycles. The van der Waals surface area contributed by atoms with Crippen LogP contribution in [-0.4, -0.2) is 29.4 Å². The summed E-state index contributed by atoms with van der Waals surface area (Å²) in [6.45, 7) is 5.49. The van der Waals surface area contributed by atoms with Crippen LogP contribution in [0.3, 0.4) is 0 Å². The fourth-order valence-corrected chi connectivity index (χ4v) is 3.09. The third-order valence-corrected chi connectivity index (χ3v) is 4.34. The van der Waals surface area contributed by atoms with Gasteiger partial charge in [-0.1, -0.05) is 6.07 Å². The van der Waals surface area contributed by atoms with E-state index >= 15 is 0 Å². The van der Waals surface area contributed by atoms with Crippen LogP contribution in [0, 0.1) is 5.92 Å². The average molecular weight is 314 g/mol. The molecule has 0 aromatic heterocycles. The highest BCUT2D eigenvalue weighted by molar-refractivity contribution is 9.10. The lowest BCUT2D eigenvalue weighted by atomic mass is 10.0. The molecule has 0 aliphatic carbocycles. The van der Waals surface area contributed by atoms with Crippen LogP contribution in [0.4, 0.5) is 5.69 Å². The molecule has 2 N–H and O–H groups in total. The Morgan fingerprint density at radius 3 is 2.56 bits per heavy atom. The van der Waals surface area contributed by atoms with Gasteiger partial charge in [0.05, 0.1) is 17.9 Å². The first-order valence-electron chi connectivity index (χ1n) is 6.39. The molecule has 0 spiro atoms. The second-order valence-electron chi connectivity index (χ2n) is 5.12. The zero-order chi connectivity index (χ0) is 13.3. The molecule has 4 heteroatoms. The van der Waals surface area contributed by atoms with Gasteiger partial charge in [-0.2, -0.15) is 0 Å². The molecule has 3 nitrogen and oxygen atoms in total. The number of hydrogen-bond acceptors (Lipinski definition) is 3. The van der Waals surface area contributed by atoms with Gasteiger partial charge in [0.2, 0.25) is 0 Å². The first-order valence-corrected chi connectivity index (χ1v) is 7.19. The zero-order valence-corrected chi connectivity index (χ0v) is 12.4. The summed E-state index contributed by atoms with van der Waals surface area (Å²) < 4.78 is 1.01. The molecule has 0 radical (unpaired) electrons. The van der Waals surface area contributed by atoms with Crippen LogP contribution in [0.5, 0.6) is 0 Å². The van der Waals surface area contributed by atoms with Crippen LogP contribution >= 0.6 is 15.9 Å². The third kappa shape index (κ3) is 2.87. The van der Waals surface area contributed by atoms with Gasteiger partial charge in [0, 0.05) is 23.5 Å². The summed E-state index contributed by atoms with van der Waals surface area (Å²) in [6, 6.07) is 5.96. The first kappa shape index (κ1) is 13.8. The maximum absolute atomic E-state index is 9.63. The van der Waals surface area contributed by atoms with Crippen LogP contribution < -0.4 is 4.90 Å². The number of rotatable bonds is 3. The molecular formula is C14H20BrNO2. The van der Waals surface area contributed by atoms with E-state index in [-0.39, 0.29) is 6.10 Å². The molecule has 3 atom stereocenters. The topological polar surface area (TPSA) is 43.7 Å². The second kappa shape index (κ2) is 5.59. The van der Waals surface area contributed by atoms with Crippen molar-refractivity contribution in [2.24, 2.45) is 5.92 Å². The minimum atomic E-state index is -0.445. The summed E-state index contributed by atoms with van der Waals surface area (Å²) in [4.78, 5) is 2.29. The van der Waals surface area contributed by atoms with E-state index in [1.807, 2.05) is 25.1 Å². The summed E-state index contributed by atoms with van der Waals surface area (Å²) in [7, 11) is 0. The molecule has 100 valence electrons. The van der Waals surface area contributed by atoms with Crippen molar-refractivity contribution in [3.05, 3.63) is 28.2 Å². The Hall–Kier alpha value is -0.580. The normalized spacial score (nSPS) is 23.2. The number of aliphatic hydroxyl groups is 2. The number of halogens is 1. The number of aliphatic hydroxyl groups excluding tert-OH is 2. The van der Waals surface area contributed by atoms with Gasteiger partial charge in [0.1, 0.15) is 0 Å². The third-order valence-electron chi connectivity index (χ3n) is 3.70. The second-order valence-corrected chi connectivity index (χ2v) is 5.98. The van der Waals surface area contributed by atoms with E-state index in [9.17, 15) is 10.2 Å². The minimum absolute atomic E-state index is 0.245.